The molecule has 0 unspecified atom stereocenters. The van der Waals surface area contributed by atoms with Crippen molar-refractivity contribution in [1.82, 2.24) is 5.32 Å². The summed E-state index contributed by atoms with van der Waals surface area (Å²) in [4.78, 5) is 25.3. The highest BCUT2D eigenvalue weighted by Gasteiger charge is 2.41. The van der Waals surface area contributed by atoms with Crippen molar-refractivity contribution in [2.45, 2.75) is 33.6 Å². The van der Waals surface area contributed by atoms with Crippen LogP contribution in [0.15, 0.2) is 46.9 Å². The van der Waals surface area contributed by atoms with Crippen LogP contribution in [0.4, 0.5) is 0 Å². The molecule has 0 saturated heterocycles. The van der Waals surface area contributed by atoms with Gasteiger partial charge in [-0.15, -0.1) is 0 Å². The molecule has 1 aliphatic rings. The van der Waals surface area contributed by atoms with Crippen LogP contribution in [0.1, 0.15) is 39.3 Å². The summed E-state index contributed by atoms with van der Waals surface area (Å²) in [6, 6.07) is 5.67. The molecule has 6 heteroatoms. The van der Waals surface area contributed by atoms with Crippen molar-refractivity contribution in [3.05, 3.63) is 52.6 Å². The average molecular weight is 345 g/mol. The van der Waals surface area contributed by atoms with Crippen LogP contribution in [0.5, 0.6) is 0 Å². The Labute approximate surface area is 148 Å². The van der Waals surface area contributed by atoms with Gasteiger partial charge in [-0.3, -0.25) is 0 Å². The minimum absolute atomic E-state index is 0.265. The standard InChI is InChI=1S/C19H24N2O4/c1-6-24-18(22)15-12(3)20-13(4)16(19(23)25-7-2)17(15)14-10-8-9-11-21(14)5/h8-11,17H,6-7H2,1-5H3/p+1. The number of ether oxygens (including phenoxy) is 2. The zero-order chi connectivity index (χ0) is 18.6. The first kappa shape index (κ1) is 18.7. The third-order valence-electron chi connectivity index (χ3n) is 4.14. The number of aromatic nitrogens is 1. The van der Waals surface area contributed by atoms with Crippen molar-refractivity contribution in [2.24, 2.45) is 7.05 Å². The largest absolute Gasteiger partial charge is 0.463 e. The topological polar surface area (TPSA) is 68.5 Å². The lowest BCUT2D eigenvalue weighted by atomic mass is 9.82. The molecule has 1 aromatic rings. The van der Waals surface area contributed by atoms with E-state index in [9.17, 15) is 9.59 Å². The SMILES string of the molecule is CCOC(=O)C1=C(C)NC(C)=C(C(=O)OCC)C1c1cccc[n+]1C. The smallest absolute Gasteiger partial charge is 0.336 e. The van der Waals surface area contributed by atoms with Gasteiger partial charge in [-0.25, -0.2) is 14.2 Å². The predicted octanol–water partition coefficient (Wildman–Crippen LogP) is 1.87. The van der Waals surface area contributed by atoms with Crippen molar-refractivity contribution in [3.8, 4) is 0 Å². The van der Waals surface area contributed by atoms with E-state index in [1.54, 1.807) is 13.8 Å². The maximum absolute atomic E-state index is 12.6. The molecule has 0 saturated carbocycles. The molecule has 0 atom stereocenters. The number of pyridine rings is 1. The molecule has 6 nitrogen and oxygen atoms in total. The Bertz CT molecular complexity index is 710. The fourth-order valence-corrected chi connectivity index (χ4v) is 3.09. The molecule has 0 spiro atoms. The summed E-state index contributed by atoms with van der Waals surface area (Å²) in [5, 5.41) is 3.13. The van der Waals surface area contributed by atoms with Gasteiger partial charge in [0.05, 0.1) is 24.4 Å². The highest BCUT2D eigenvalue weighted by Crippen LogP contribution is 2.37. The third-order valence-corrected chi connectivity index (χ3v) is 4.14. The van der Waals surface area contributed by atoms with Crippen LogP contribution in [-0.2, 0) is 26.1 Å². The molecule has 25 heavy (non-hydrogen) atoms. The Balaban J connectivity index is 2.66. The Morgan fingerprint density at radius 1 is 1.04 bits per heavy atom. The fourth-order valence-electron chi connectivity index (χ4n) is 3.09. The molecule has 1 aliphatic heterocycles. The number of esters is 2. The number of rotatable bonds is 5. The monoisotopic (exact) mass is 345 g/mol. The summed E-state index contributed by atoms with van der Waals surface area (Å²) in [6.45, 7) is 7.67. The molecule has 1 aromatic heterocycles. The Hall–Kier alpha value is -2.63. The Kier molecular flexibility index (Phi) is 5.96. The van der Waals surface area contributed by atoms with Gasteiger partial charge >= 0.3 is 11.9 Å². The number of hydrogen-bond acceptors (Lipinski definition) is 5. The van der Waals surface area contributed by atoms with Crippen LogP contribution < -0.4 is 9.88 Å². The summed E-state index contributed by atoms with van der Waals surface area (Å²) in [5.41, 5.74) is 3.03. The molecule has 2 heterocycles. The van der Waals surface area contributed by atoms with Crippen LogP contribution in [0.2, 0.25) is 0 Å². The lowest BCUT2D eigenvalue weighted by Crippen LogP contribution is -2.40. The van der Waals surface area contributed by atoms with E-state index in [0.29, 0.717) is 22.5 Å². The van der Waals surface area contributed by atoms with Gasteiger partial charge in [-0.05, 0) is 27.7 Å². The molecule has 2 rings (SSSR count). The number of carbonyl (C=O) groups is 2. The Morgan fingerprint density at radius 3 is 2.00 bits per heavy atom. The van der Waals surface area contributed by atoms with Gasteiger partial charge in [0.25, 0.3) is 0 Å². The number of nitrogens with one attached hydrogen (secondary N) is 1. The summed E-state index contributed by atoms with van der Waals surface area (Å²) >= 11 is 0. The van der Waals surface area contributed by atoms with Crippen LogP contribution in [0.3, 0.4) is 0 Å². The van der Waals surface area contributed by atoms with Gasteiger partial charge in [0.15, 0.2) is 11.9 Å². The fraction of sp³-hybridized carbons (Fsp3) is 0.421. The second-order valence-corrected chi connectivity index (χ2v) is 5.81. The zero-order valence-electron chi connectivity index (χ0n) is 15.4. The normalized spacial score (nSPS) is 15.1. The van der Waals surface area contributed by atoms with Crippen molar-refractivity contribution in [2.75, 3.05) is 13.2 Å². The minimum atomic E-state index is -0.550. The van der Waals surface area contributed by atoms with E-state index >= 15 is 0 Å². The highest BCUT2D eigenvalue weighted by molar-refractivity contribution is 5.99. The third kappa shape index (κ3) is 3.73. The van der Waals surface area contributed by atoms with Gasteiger partial charge in [0.1, 0.15) is 13.0 Å². The van der Waals surface area contributed by atoms with Crippen LogP contribution in [-0.4, -0.2) is 25.2 Å². The molecule has 0 fully saturated rings. The maximum Gasteiger partial charge on any atom is 0.336 e. The summed E-state index contributed by atoms with van der Waals surface area (Å²) in [7, 11) is 1.88. The summed E-state index contributed by atoms with van der Waals surface area (Å²) in [5.74, 6) is -1.42. The average Bonchev–Trinajstić information content (AvgIpc) is 2.54. The van der Waals surface area contributed by atoms with E-state index in [4.69, 9.17) is 9.47 Å². The first-order chi connectivity index (χ1) is 11.9. The van der Waals surface area contributed by atoms with Crippen molar-refractivity contribution in [3.63, 3.8) is 0 Å². The molecule has 0 amide bonds. The molecular weight excluding hydrogens is 320 g/mol. The number of hydrogen-bond donors (Lipinski definition) is 1. The number of carbonyl (C=O) groups excluding carboxylic acids is 2. The summed E-state index contributed by atoms with van der Waals surface area (Å²) < 4.78 is 12.4. The van der Waals surface area contributed by atoms with Gasteiger partial charge in [0, 0.05) is 23.5 Å². The molecule has 0 aliphatic carbocycles. The lowest BCUT2D eigenvalue weighted by Gasteiger charge is -2.28. The van der Waals surface area contributed by atoms with Crippen molar-refractivity contribution in [1.29, 1.82) is 0 Å². The first-order valence-corrected chi connectivity index (χ1v) is 8.39. The highest BCUT2D eigenvalue weighted by atomic mass is 16.5. The number of nitrogens with zero attached hydrogens (tertiary/aromatic N) is 1. The van der Waals surface area contributed by atoms with Gasteiger partial charge < -0.3 is 14.8 Å². The first-order valence-electron chi connectivity index (χ1n) is 8.39. The number of allylic oxidation sites excluding steroid dienone is 2. The molecular formula is C19H25N2O4+. The second kappa shape index (κ2) is 7.96. The summed E-state index contributed by atoms with van der Waals surface area (Å²) in [6.07, 6.45) is 1.88. The molecule has 0 aromatic carbocycles. The molecule has 0 radical (unpaired) electrons. The van der Waals surface area contributed by atoms with Crippen LogP contribution in [0.25, 0.3) is 0 Å². The van der Waals surface area contributed by atoms with Crippen LogP contribution in [0, 0.1) is 0 Å². The van der Waals surface area contributed by atoms with E-state index in [1.807, 2.05) is 49.9 Å². The number of dihydropyridines is 1. The van der Waals surface area contributed by atoms with E-state index in [-0.39, 0.29) is 13.2 Å². The lowest BCUT2D eigenvalue weighted by molar-refractivity contribution is -0.679. The number of aryl methyl sites for hydroxylation is 1. The van der Waals surface area contributed by atoms with Crippen LogP contribution >= 0.6 is 0 Å². The second-order valence-electron chi connectivity index (χ2n) is 5.81. The minimum Gasteiger partial charge on any atom is -0.463 e. The zero-order valence-corrected chi connectivity index (χ0v) is 15.4. The van der Waals surface area contributed by atoms with E-state index in [2.05, 4.69) is 5.32 Å². The molecule has 134 valence electrons. The maximum atomic E-state index is 12.6. The van der Waals surface area contributed by atoms with Crippen molar-refractivity contribution < 1.29 is 23.6 Å². The van der Waals surface area contributed by atoms with Gasteiger partial charge in [-0.2, -0.15) is 0 Å². The van der Waals surface area contributed by atoms with E-state index in [1.165, 1.54) is 0 Å². The van der Waals surface area contributed by atoms with E-state index in [0.717, 1.165) is 5.69 Å². The Morgan fingerprint density at radius 2 is 1.56 bits per heavy atom. The molecule has 1 N–H and O–H groups in total. The predicted molar refractivity (Wildman–Crippen MR) is 92.2 cm³/mol. The molecule has 0 bridgehead atoms. The quantitative estimate of drug-likeness (QED) is 0.652. The van der Waals surface area contributed by atoms with Crippen molar-refractivity contribution >= 4 is 11.9 Å². The van der Waals surface area contributed by atoms with Gasteiger partial charge in [-0.1, -0.05) is 6.07 Å². The van der Waals surface area contributed by atoms with Gasteiger partial charge in [0.2, 0.25) is 0 Å². The van der Waals surface area contributed by atoms with E-state index < -0.39 is 17.9 Å².